The van der Waals surface area contributed by atoms with Crippen molar-refractivity contribution in [2.45, 2.75) is 6.92 Å². The van der Waals surface area contributed by atoms with Crippen LogP contribution in [0.2, 0.25) is 5.02 Å². The average Bonchev–Trinajstić information content (AvgIpc) is 2.29. The van der Waals surface area contributed by atoms with Crippen LogP contribution in [0.5, 0.6) is 0 Å². The molecule has 0 unspecified atom stereocenters. The average molecular weight is 256 g/mol. The predicted molar refractivity (Wildman–Crippen MR) is 62.5 cm³/mol. The predicted octanol–water partition coefficient (Wildman–Crippen LogP) is 2.68. The van der Waals surface area contributed by atoms with Gasteiger partial charge in [0.2, 0.25) is 0 Å². The van der Waals surface area contributed by atoms with Crippen molar-refractivity contribution in [3.8, 4) is 0 Å². The number of ether oxygens (including phenoxy) is 1. The molecule has 1 aromatic rings. The number of Topliss-reactive ketones (excluding diaryl/α,β-unsaturated/α-hetero) is 1. The first-order chi connectivity index (χ1) is 8.07. The van der Waals surface area contributed by atoms with Crippen LogP contribution in [0.4, 0.5) is 0 Å². The molecule has 0 aromatic heterocycles. The minimum absolute atomic E-state index is 0.0804. The molecule has 0 saturated carbocycles. The molecule has 0 atom stereocenters. The van der Waals surface area contributed by atoms with Crippen molar-refractivity contribution in [1.29, 1.82) is 0 Å². The maximum Gasteiger partial charge on any atom is 0.350 e. The lowest BCUT2D eigenvalue weighted by Crippen LogP contribution is -2.12. The molecule has 0 aliphatic rings. The molecule has 0 bridgehead atoms. The maximum atomic E-state index is 11.8. The maximum absolute atomic E-state index is 11.8. The van der Waals surface area contributed by atoms with Crippen LogP contribution >= 0.6 is 11.6 Å². The Balaban J connectivity index is 3.09. The van der Waals surface area contributed by atoms with Gasteiger partial charge in [-0.25, -0.2) is 0 Å². The Hall–Kier alpha value is -1.88. The Morgan fingerprint density at radius 2 is 2.18 bits per heavy atom. The highest BCUT2D eigenvalue weighted by Gasteiger charge is 2.25. The Bertz CT molecular complexity index is 470. The monoisotopic (exact) mass is 255 g/mol. The van der Waals surface area contributed by atoms with E-state index >= 15 is 0 Å². The van der Waals surface area contributed by atoms with Crippen molar-refractivity contribution in [1.82, 2.24) is 0 Å². The number of hydrogen-bond donors (Lipinski definition) is 0. The van der Waals surface area contributed by atoms with E-state index < -0.39 is 16.4 Å². The molecule has 17 heavy (non-hydrogen) atoms. The van der Waals surface area contributed by atoms with Crippen LogP contribution in [0, 0.1) is 10.1 Å². The van der Waals surface area contributed by atoms with E-state index in [4.69, 9.17) is 16.3 Å². The van der Waals surface area contributed by atoms with Gasteiger partial charge in [0.15, 0.2) is 6.26 Å². The van der Waals surface area contributed by atoms with Crippen LogP contribution in [0.1, 0.15) is 17.3 Å². The van der Waals surface area contributed by atoms with E-state index in [2.05, 4.69) is 0 Å². The molecule has 0 N–H and O–H groups in total. The molecule has 5 nitrogen and oxygen atoms in total. The summed E-state index contributed by atoms with van der Waals surface area (Å²) in [5.41, 5.74) is -0.559. The Kier molecular flexibility index (Phi) is 4.66. The number of carbonyl (C=O) groups excluding carboxylic acids is 1. The zero-order valence-corrected chi connectivity index (χ0v) is 9.81. The van der Waals surface area contributed by atoms with E-state index in [1.807, 2.05) is 0 Å². The van der Waals surface area contributed by atoms with Gasteiger partial charge >= 0.3 is 5.70 Å². The van der Waals surface area contributed by atoms with Gasteiger partial charge in [-0.05, 0) is 19.1 Å². The van der Waals surface area contributed by atoms with Crippen LogP contribution < -0.4 is 0 Å². The molecule has 0 radical (unpaired) electrons. The van der Waals surface area contributed by atoms with Crippen LogP contribution in [0.15, 0.2) is 36.2 Å². The second kappa shape index (κ2) is 6.00. The molecule has 0 fully saturated rings. The van der Waals surface area contributed by atoms with Crippen molar-refractivity contribution in [2.24, 2.45) is 0 Å². The molecule has 0 heterocycles. The lowest BCUT2D eigenvalue weighted by molar-refractivity contribution is -0.418. The van der Waals surface area contributed by atoms with Crippen LogP contribution in [-0.2, 0) is 4.74 Å². The third-order valence-electron chi connectivity index (χ3n) is 1.91. The van der Waals surface area contributed by atoms with Gasteiger partial charge in [-0.2, -0.15) is 0 Å². The van der Waals surface area contributed by atoms with Gasteiger partial charge in [-0.1, -0.05) is 23.7 Å². The minimum atomic E-state index is -0.790. The molecule has 90 valence electrons. The number of nitrogens with zero attached hydrogens (tertiary/aromatic N) is 1. The van der Waals surface area contributed by atoms with Gasteiger partial charge < -0.3 is 4.74 Å². The van der Waals surface area contributed by atoms with Gasteiger partial charge in [0, 0.05) is 5.56 Å². The van der Waals surface area contributed by atoms with Crippen LogP contribution in [-0.4, -0.2) is 17.3 Å². The van der Waals surface area contributed by atoms with E-state index in [9.17, 15) is 14.9 Å². The number of allylic oxidation sites excluding steroid dienone is 1. The number of carbonyl (C=O) groups is 1. The summed E-state index contributed by atoms with van der Waals surface area (Å²) in [6.45, 7) is 1.90. The summed E-state index contributed by atoms with van der Waals surface area (Å²) in [6.07, 6.45) is 0.839. The molecule has 0 amide bonds. The summed E-state index contributed by atoms with van der Waals surface area (Å²) in [5.74, 6) is -0.769. The highest BCUT2D eigenvalue weighted by atomic mass is 35.5. The Morgan fingerprint density at radius 3 is 2.71 bits per heavy atom. The Labute approximate surface area is 103 Å². The highest BCUT2D eigenvalue weighted by Crippen LogP contribution is 2.19. The topological polar surface area (TPSA) is 69.4 Å². The molecule has 6 heteroatoms. The van der Waals surface area contributed by atoms with Crippen molar-refractivity contribution >= 4 is 17.4 Å². The quantitative estimate of drug-likeness (QED) is 0.267. The van der Waals surface area contributed by atoms with Gasteiger partial charge in [-0.3, -0.25) is 14.9 Å². The zero-order chi connectivity index (χ0) is 12.8. The summed E-state index contributed by atoms with van der Waals surface area (Å²) < 4.78 is 4.77. The summed E-state index contributed by atoms with van der Waals surface area (Å²) in [7, 11) is 0. The van der Waals surface area contributed by atoms with Gasteiger partial charge in [-0.15, -0.1) is 0 Å². The summed E-state index contributed by atoms with van der Waals surface area (Å²) in [6, 6.07) is 6.13. The van der Waals surface area contributed by atoms with Crippen LogP contribution in [0.3, 0.4) is 0 Å². The fourth-order valence-electron chi connectivity index (χ4n) is 1.13. The van der Waals surface area contributed by atoms with E-state index in [1.54, 1.807) is 19.1 Å². The minimum Gasteiger partial charge on any atom is -0.494 e. The first-order valence-electron chi connectivity index (χ1n) is 4.83. The zero-order valence-electron chi connectivity index (χ0n) is 9.05. The van der Waals surface area contributed by atoms with E-state index in [0.29, 0.717) is 0 Å². The number of halogens is 1. The second-order valence-electron chi connectivity index (χ2n) is 3.02. The fourth-order valence-corrected chi connectivity index (χ4v) is 1.35. The number of nitro groups is 1. The second-order valence-corrected chi connectivity index (χ2v) is 3.43. The van der Waals surface area contributed by atoms with E-state index in [1.165, 1.54) is 12.1 Å². The first kappa shape index (κ1) is 13.2. The molecule has 0 aliphatic carbocycles. The molecule has 1 aromatic carbocycles. The number of ketones is 1. The lowest BCUT2D eigenvalue weighted by atomic mass is 10.1. The summed E-state index contributed by atoms with van der Waals surface area (Å²) >= 11 is 5.79. The molecule has 1 rings (SSSR count). The summed E-state index contributed by atoms with van der Waals surface area (Å²) in [4.78, 5) is 21.8. The van der Waals surface area contributed by atoms with Crippen molar-refractivity contribution in [3.05, 3.63) is 56.9 Å². The van der Waals surface area contributed by atoms with Gasteiger partial charge in [0.1, 0.15) is 0 Å². The van der Waals surface area contributed by atoms with E-state index in [-0.39, 0.29) is 17.2 Å². The molecule has 0 saturated heterocycles. The standard InChI is InChI=1S/C11H10ClNO4/c1-2-17-7-10(13(15)16)11(14)8-5-3-4-6-9(8)12/h3-7H,2H2,1H3. The smallest absolute Gasteiger partial charge is 0.350 e. The molecule has 0 spiro atoms. The normalized spacial score (nSPS) is 11.1. The van der Waals surface area contributed by atoms with E-state index in [0.717, 1.165) is 6.26 Å². The first-order valence-corrected chi connectivity index (χ1v) is 5.21. The molecular weight excluding hydrogens is 246 g/mol. The number of rotatable bonds is 5. The third kappa shape index (κ3) is 3.29. The molecular formula is C11H10ClNO4. The Morgan fingerprint density at radius 1 is 1.53 bits per heavy atom. The van der Waals surface area contributed by atoms with Gasteiger partial charge in [0.25, 0.3) is 5.78 Å². The SMILES string of the molecule is CCOC=C(C(=O)c1ccccc1Cl)[N+](=O)[O-]. The van der Waals surface area contributed by atoms with Crippen LogP contribution in [0.25, 0.3) is 0 Å². The lowest BCUT2D eigenvalue weighted by Gasteiger charge is -2.01. The highest BCUT2D eigenvalue weighted by molar-refractivity contribution is 6.34. The molecule has 0 aliphatic heterocycles. The summed E-state index contributed by atoms with van der Waals surface area (Å²) in [5, 5.41) is 10.9. The van der Waals surface area contributed by atoms with Crippen molar-refractivity contribution < 1.29 is 14.5 Å². The van der Waals surface area contributed by atoms with Gasteiger partial charge in [0.05, 0.1) is 16.6 Å². The fraction of sp³-hybridized carbons (Fsp3) is 0.182. The van der Waals surface area contributed by atoms with Crippen molar-refractivity contribution in [3.63, 3.8) is 0 Å². The largest absolute Gasteiger partial charge is 0.494 e. The number of hydrogen-bond acceptors (Lipinski definition) is 4. The number of benzene rings is 1. The van der Waals surface area contributed by atoms with Crippen molar-refractivity contribution in [2.75, 3.05) is 6.61 Å². The third-order valence-corrected chi connectivity index (χ3v) is 2.24.